The van der Waals surface area contributed by atoms with Crippen LogP contribution in [0.4, 0.5) is 0 Å². The van der Waals surface area contributed by atoms with Crippen LogP contribution in [0.5, 0.6) is 0 Å². The lowest BCUT2D eigenvalue weighted by molar-refractivity contribution is 0.595. The molecule has 0 aliphatic heterocycles. The molecule has 0 saturated carbocycles. The van der Waals surface area contributed by atoms with Crippen LogP contribution in [0, 0.1) is 5.92 Å². The number of aliphatic imine (C=N–C) groups is 1. The lowest BCUT2D eigenvalue weighted by atomic mass is 10.1. The first-order chi connectivity index (χ1) is 9.79. The van der Waals surface area contributed by atoms with Gasteiger partial charge in [0.2, 0.25) is 10.0 Å². The molecule has 0 aromatic heterocycles. The summed E-state index contributed by atoms with van der Waals surface area (Å²) in [5.41, 5.74) is 6.75. The van der Waals surface area contributed by atoms with Crippen molar-refractivity contribution in [2.24, 2.45) is 21.8 Å². The van der Waals surface area contributed by atoms with Gasteiger partial charge in [0.1, 0.15) is 0 Å². The minimum atomic E-state index is -3.63. The van der Waals surface area contributed by atoms with E-state index in [-0.39, 0.29) is 4.90 Å². The predicted octanol–water partition coefficient (Wildman–Crippen LogP) is 0.827. The second-order valence-electron chi connectivity index (χ2n) is 5.32. The summed E-state index contributed by atoms with van der Waals surface area (Å²) in [6.45, 7) is 5.65. The fourth-order valence-corrected chi connectivity index (χ4v) is 2.20. The molecule has 1 aromatic carbocycles. The normalized spacial score (nSPS) is 12.7. The molecule has 0 radical (unpaired) electrons. The van der Waals surface area contributed by atoms with Crippen LogP contribution in [0.25, 0.3) is 0 Å². The van der Waals surface area contributed by atoms with E-state index in [4.69, 9.17) is 10.9 Å². The summed E-state index contributed by atoms with van der Waals surface area (Å²) in [6.07, 6.45) is 1.74. The number of nitrogens with zero attached hydrogens (tertiary/aromatic N) is 1. The van der Waals surface area contributed by atoms with Crippen molar-refractivity contribution in [3.8, 4) is 0 Å². The lowest BCUT2D eigenvalue weighted by Gasteiger charge is -2.07. The van der Waals surface area contributed by atoms with Crippen molar-refractivity contribution >= 4 is 16.0 Å². The Morgan fingerprint density at radius 1 is 1.29 bits per heavy atom. The maximum absolute atomic E-state index is 11.1. The molecule has 118 valence electrons. The third-order valence-electron chi connectivity index (χ3n) is 2.96. The van der Waals surface area contributed by atoms with Gasteiger partial charge in [0.25, 0.3) is 0 Å². The molecule has 6 nitrogen and oxygen atoms in total. The van der Waals surface area contributed by atoms with Crippen LogP contribution in [0.1, 0.15) is 25.8 Å². The molecular weight excluding hydrogens is 288 g/mol. The van der Waals surface area contributed by atoms with E-state index in [1.54, 1.807) is 12.1 Å². The monoisotopic (exact) mass is 312 g/mol. The summed E-state index contributed by atoms with van der Waals surface area (Å²) >= 11 is 0. The summed E-state index contributed by atoms with van der Waals surface area (Å²) in [4.78, 5) is 4.35. The zero-order valence-electron chi connectivity index (χ0n) is 12.5. The maximum atomic E-state index is 11.1. The van der Waals surface area contributed by atoms with Gasteiger partial charge in [-0.1, -0.05) is 26.0 Å². The molecule has 0 aliphatic rings. The Balaban J connectivity index is 2.39. The Bertz CT molecular complexity index is 565. The lowest BCUT2D eigenvalue weighted by Crippen LogP contribution is -2.33. The minimum absolute atomic E-state index is 0.119. The van der Waals surface area contributed by atoms with E-state index in [1.807, 2.05) is 0 Å². The number of hydrogen-bond donors (Lipinski definition) is 3. The molecule has 7 heteroatoms. The summed E-state index contributed by atoms with van der Waals surface area (Å²) in [5.74, 6) is 1.05. The van der Waals surface area contributed by atoms with Crippen molar-refractivity contribution in [1.29, 1.82) is 0 Å². The van der Waals surface area contributed by atoms with Gasteiger partial charge in [-0.05, 0) is 36.5 Å². The number of nitrogens with two attached hydrogens (primary N) is 2. The molecule has 0 saturated heterocycles. The molecule has 1 aromatic rings. The smallest absolute Gasteiger partial charge is 0.238 e. The van der Waals surface area contributed by atoms with Gasteiger partial charge in [-0.2, -0.15) is 0 Å². The van der Waals surface area contributed by atoms with Crippen molar-refractivity contribution in [2.45, 2.75) is 31.6 Å². The summed E-state index contributed by atoms with van der Waals surface area (Å²) in [6, 6.07) is 6.50. The fraction of sp³-hybridized carbons (Fsp3) is 0.500. The molecule has 0 spiro atoms. The third-order valence-corrected chi connectivity index (χ3v) is 3.89. The van der Waals surface area contributed by atoms with E-state index < -0.39 is 10.0 Å². The second-order valence-corrected chi connectivity index (χ2v) is 6.88. The van der Waals surface area contributed by atoms with E-state index in [0.29, 0.717) is 18.4 Å². The number of rotatable bonds is 7. The topological polar surface area (TPSA) is 111 Å². The first-order valence-corrected chi connectivity index (χ1v) is 8.49. The molecule has 0 aliphatic carbocycles. The van der Waals surface area contributed by atoms with Gasteiger partial charge in [0.05, 0.1) is 4.90 Å². The van der Waals surface area contributed by atoms with Crippen molar-refractivity contribution in [2.75, 3.05) is 13.1 Å². The number of nitrogens with one attached hydrogen (secondary N) is 1. The van der Waals surface area contributed by atoms with Crippen molar-refractivity contribution in [3.05, 3.63) is 29.8 Å². The molecule has 0 atom stereocenters. The van der Waals surface area contributed by atoms with E-state index >= 15 is 0 Å². The summed E-state index contributed by atoms with van der Waals surface area (Å²) in [7, 11) is -3.63. The van der Waals surface area contributed by atoms with Gasteiger partial charge in [0, 0.05) is 13.1 Å². The average Bonchev–Trinajstić information content (AvgIpc) is 2.38. The van der Waals surface area contributed by atoms with E-state index in [1.165, 1.54) is 12.1 Å². The van der Waals surface area contributed by atoms with Crippen LogP contribution in [0.15, 0.2) is 34.2 Å². The highest BCUT2D eigenvalue weighted by Gasteiger charge is 2.06. The molecule has 5 N–H and O–H groups in total. The first-order valence-electron chi connectivity index (χ1n) is 6.94. The Labute approximate surface area is 126 Å². The van der Waals surface area contributed by atoms with Gasteiger partial charge >= 0.3 is 0 Å². The first kappa shape index (κ1) is 17.5. The quantitative estimate of drug-likeness (QED) is 0.511. The predicted molar refractivity (Wildman–Crippen MR) is 85.5 cm³/mol. The average molecular weight is 312 g/mol. The van der Waals surface area contributed by atoms with Crippen LogP contribution in [-0.2, 0) is 16.4 Å². The van der Waals surface area contributed by atoms with Crippen molar-refractivity contribution in [3.63, 3.8) is 0 Å². The highest BCUT2D eigenvalue weighted by molar-refractivity contribution is 7.89. The molecule has 1 rings (SSSR count). The highest BCUT2D eigenvalue weighted by Crippen LogP contribution is 2.08. The Morgan fingerprint density at radius 2 is 1.90 bits per heavy atom. The third kappa shape index (κ3) is 7.10. The van der Waals surface area contributed by atoms with Crippen LogP contribution < -0.4 is 16.2 Å². The number of guanidine groups is 1. The number of sulfonamides is 1. The molecular formula is C14H24N4O2S. The fourth-order valence-electron chi connectivity index (χ4n) is 1.68. The molecule has 0 amide bonds. The van der Waals surface area contributed by atoms with Crippen LogP contribution in [0.2, 0.25) is 0 Å². The zero-order valence-corrected chi connectivity index (χ0v) is 13.4. The maximum Gasteiger partial charge on any atom is 0.238 e. The summed E-state index contributed by atoms with van der Waals surface area (Å²) in [5, 5.41) is 8.08. The largest absolute Gasteiger partial charge is 0.370 e. The molecule has 21 heavy (non-hydrogen) atoms. The van der Waals surface area contributed by atoms with Crippen molar-refractivity contribution in [1.82, 2.24) is 5.32 Å². The number of hydrogen-bond acceptors (Lipinski definition) is 3. The van der Waals surface area contributed by atoms with Crippen molar-refractivity contribution < 1.29 is 8.42 Å². The Morgan fingerprint density at radius 3 is 2.43 bits per heavy atom. The standard InChI is InChI=1S/C14H24N4O2S/c1-11(2)7-9-17-14(15)18-10-8-12-3-5-13(6-4-12)21(16,19)20/h3-6,11H,7-10H2,1-2H3,(H3,15,17,18)(H2,16,19,20). The van der Waals surface area contributed by atoms with Gasteiger partial charge < -0.3 is 11.1 Å². The minimum Gasteiger partial charge on any atom is -0.370 e. The van der Waals surface area contributed by atoms with Gasteiger partial charge in [-0.3, -0.25) is 4.99 Å². The molecule has 0 heterocycles. The Kier molecular flexibility index (Phi) is 6.64. The zero-order chi connectivity index (χ0) is 15.9. The SMILES string of the molecule is CC(C)CCN=C(N)NCCc1ccc(S(N)(=O)=O)cc1. The number of benzene rings is 1. The van der Waals surface area contributed by atoms with Gasteiger partial charge in [0.15, 0.2) is 5.96 Å². The van der Waals surface area contributed by atoms with Gasteiger partial charge in [-0.15, -0.1) is 0 Å². The van der Waals surface area contributed by atoms with Crippen LogP contribution in [0.3, 0.4) is 0 Å². The second kappa shape index (κ2) is 7.99. The van der Waals surface area contributed by atoms with E-state index in [2.05, 4.69) is 24.2 Å². The van der Waals surface area contributed by atoms with Crippen LogP contribution >= 0.6 is 0 Å². The van der Waals surface area contributed by atoms with E-state index in [9.17, 15) is 8.42 Å². The van der Waals surface area contributed by atoms with Crippen LogP contribution in [-0.4, -0.2) is 27.5 Å². The molecule has 0 unspecified atom stereocenters. The molecule has 0 fully saturated rings. The molecule has 0 bridgehead atoms. The summed E-state index contributed by atoms with van der Waals surface area (Å²) < 4.78 is 22.3. The number of primary sulfonamides is 1. The highest BCUT2D eigenvalue weighted by atomic mass is 32.2. The van der Waals surface area contributed by atoms with Gasteiger partial charge in [-0.25, -0.2) is 13.6 Å². The Hall–Kier alpha value is -1.60. The van der Waals surface area contributed by atoms with E-state index in [0.717, 1.165) is 24.9 Å².